The van der Waals surface area contributed by atoms with Crippen molar-refractivity contribution in [2.45, 2.75) is 0 Å². The number of nitrogens with zero attached hydrogens (tertiary/aromatic N) is 3. The highest BCUT2D eigenvalue weighted by atomic mass is 32.2. The van der Waals surface area contributed by atoms with Crippen LogP contribution in [0.3, 0.4) is 0 Å². The average Bonchev–Trinajstić information content (AvgIpc) is 2.70. The van der Waals surface area contributed by atoms with Crippen molar-refractivity contribution in [3.8, 4) is 0 Å². The van der Waals surface area contributed by atoms with E-state index in [-0.39, 0.29) is 16.7 Å². The highest BCUT2D eigenvalue weighted by molar-refractivity contribution is 8.14. The molecule has 0 fully saturated rings. The Balaban J connectivity index is 1.77. The second kappa shape index (κ2) is 9.39. The van der Waals surface area contributed by atoms with E-state index >= 15 is 0 Å². The molecule has 10 heteroatoms. The summed E-state index contributed by atoms with van der Waals surface area (Å²) in [5.74, 6) is 2.75. The topological polar surface area (TPSA) is 135 Å². The molecule has 26 heavy (non-hydrogen) atoms. The number of carbonyl (C=O) groups is 4. The summed E-state index contributed by atoms with van der Waals surface area (Å²) in [6, 6.07) is 10.0. The number of carbonyl (C=O) groups excluding carboxylic acids is 4. The van der Waals surface area contributed by atoms with Gasteiger partial charge in [-0.2, -0.15) is 0 Å². The first kappa shape index (κ1) is 19.2. The first-order valence-corrected chi connectivity index (χ1v) is 8.35. The van der Waals surface area contributed by atoms with E-state index in [1.807, 2.05) is 0 Å². The van der Waals surface area contributed by atoms with Crippen LogP contribution < -0.4 is 11.2 Å². The van der Waals surface area contributed by atoms with Gasteiger partial charge in [0, 0.05) is 18.0 Å². The zero-order chi connectivity index (χ0) is 18.9. The summed E-state index contributed by atoms with van der Waals surface area (Å²) >= 11 is 0.807. The predicted octanol–water partition coefficient (Wildman–Crippen LogP) is 0.00890. The van der Waals surface area contributed by atoms with Crippen LogP contribution in [0.15, 0.2) is 48.8 Å². The smallest absolute Gasteiger partial charge is 0.312 e. The van der Waals surface area contributed by atoms with E-state index in [9.17, 15) is 19.2 Å². The number of imide groups is 1. The minimum atomic E-state index is -0.890. The van der Waals surface area contributed by atoms with Crippen LogP contribution in [0, 0.1) is 0 Å². The van der Waals surface area contributed by atoms with Crippen LogP contribution in [0.25, 0.3) is 0 Å². The van der Waals surface area contributed by atoms with Gasteiger partial charge in [0.1, 0.15) is 0 Å². The van der Waals surface area contributed by atoms with Crippen molar-refractivity contribution < 1.29 is 19.2 Å². The fraction of sp³-hybridized carbons (Fsp3) is 0.125. The second-order valence-electron chi connectivity index (χ2n) is 4.86. The Bertz CT molecular complexity index is 801. The Hall–Kier alpha value is -3.11. The molecular weight excluding hydrogens is 358 g/mol. The monoisotopic (exact) mass is 373 g/mol. The average molecular weight is 373 g/mol. The molecule has 134 valence electrons. The summed E-state index contributed by atoms with van der Waals surface area (Å²) in [7, 11) is 0. The van der Waals surface area contributed by atoms with Gasteiger partial charge in [-0.15, -0.1) is 0 Å². The van der Waals surface area contributed by atoms with Gasteiger partial charge in [0.2, 0.25) is 16.8 Å². The van der Waals surface area contributed by atoms with E-state index in [0.717, 1.165) is 11.8 Å². The van der Waals surface area contributed by atoms with Crippen LogP contribution >= 0.6 is 11.8 Å². The third kappa shape index (κ3) is 5.46. The molecule has 3 N–H and O–H groups in total. The lowest BCUT2D eigenvalue weighted by molar-refractivity contribution is -0.130. The quantitative estimate of drug-likeness (QED) is 0.411. The molecule has 0 atom stereocenters. The Labute approximate surface area is 153 Å². The van der Waals surface area contributed by atoms with Crippen LogP contribution in [0.1, 0.15) is 21.0 Å². The molecule has 0 bridgehead atoms. The molecule has 3 amide bonds. The molecule has 0 aliphatic heterocycles. The maximum Gasteiger partial charge on any atom is 0.312 e. The van der Waals surface area contributed by atoms with E-state index in [1.54, 1.807) is 30.3 Å². The molecule has 1 aromatic carbocycles. The van der Waals surface area contributed by atoms with Crippen molar-refractivity contribution in [2.75, 3.05) is 12.3 Å². The molecule has 0 aliphatic carbocycles. The minimum absolute atomic E-state index is 0.165. The van der Waals surface area contributed by atoms with Crippen molar-refractivity contribution >= 4 is 34.6 Å². The molecule has 0 spiro atoms. The Kier molecular flexibility index (Phi) is 6.94. The molecule has 0 saturated heterocycles. The van der Waals surface area contributed by atoms with Crippen LogP contribution in [0.5, 0.6) is 0 Å². The normalized spacial score (nSPS) is 10.0. The Morgan fingerprint density at radius 3 is 2.35 bits per heavy atom. The number of thioether (sulfide) groups is 1. The van der Waals surface area contributed by atoms with Gasteiger partial charge in [0.05, 0.1) is 12.3 Å². The molecule has 2 rings (SSSR count). The minimum Gasteiger partial charge on any atom is -0.346 e. The van der Waals surface area contributed by atoms with Crippen LogP contribution in [0.4, 0.5) is 0 Å². The SMILES string of the molecule is NN(C(=O)CNC(=O)CSC(=O)c1ccccc1)C(=O)c1ncccn1. The van der Waals surface area contributed by atoms with Crippen LogP contribution in [-0.4, -0.2) is 50.1 Å². The highest BCUT2D eigenvalue weighted by Gasteiger charge is 2.22. The lowest BCUT2D eigenvalue weighted by Crippen LogP contribution is -2.48. The zero-order valence-corrected chi connectivity index (χ0v) is 14.3. The maximum absolute atomic E-state index is 11.9. The van der Waals surface area contributed by atoms with Gasteiger partial charge in [0.15, 0.2) is 0 Å². The number of benzene rings is 1. The van der Waals surface area contributed by atoms with Gasteiger partial charge in [0.25, 0.3) is 5.91 Å². The summed E-state index contributed by atoms with van der Waals surface area (Å²) in [6.45, 7) is -0.492. The van der Waals surface area contributed by atoms with Crippen LogP contribution in [0.2, 0.25) is 0 Å². The van der Waals surface area contributed by atoms with Crippen molar-refractivity contribution in [3.63, 3.8) is 0 Å². The van der Waals surface area contributed by atoms with Crippen LogP contribution in [-0.2, 0) is 9.59 Å². The zero-order valence-electron chi connectivity index (χ0n) is 13.5. The molecule has 0 radical (unpaired) electrons. The predicted molar refractivity (Wildman–Crippen MR) is 93.6 cm³/mol. The summed E-state index contributed by atoms with van der Waals surface area (Å²) in [6.07, 6.45) is 2.67. The lowest BCUT2D eigenvalue weighted by atomic mass is 10.2. The number of amides is 3. The fourth-order valence-corrected chi connectivity index (χ4v) is 2.40. The van der Waals surface area contributed by atoms with Gasteiger partial charge in [-0.1, -0.05) is 42.1 Å². The van der Waals surface area contributed by atoms with E-state index in [2.05, 4.69) is 15.3 Å². The second-order valence-corrected chi connectivity index (χ2v) is 5.81. The summed E-state index contributed by atoms with van der Waals surface area (Å²) in [5.41, 5.74) is 0.475. The Morgan fingerprint density at radius 2 is 1.69 bits per heavy atom. The number of hydrazine groups is 1. The number of rotatable bonds is 6. The number of hydrogen-bond acceptors (Lipinski definition) is 8. The van der Waals surface area contributed by atoms with E-state index in [1.165, 1.54) is 18.5 Å². The van der Waals surface area contributed by atoms with E-state index in [0.29, 0.717) is 10.6 Å². The summed E-state index contributed by atoms with van der Waals surface area (Å²) in [5, 5.41) is 2.37. The summed E-state index contributed by atoms with van der Waals surface area (Å²) < 4.78 is 0. The van der Waals surface area contributed by atoms with Gasteiger partial charge in [-0.25, -0.2) is 20.8 Å². The molecule has 2 aromatic rings. The van der Waals surface area contributed by atoms with Crippen molar-refractivity contribution in [3.05, 3.63) is 60.2 Å². The molecule has 9 nitrogen and oxygen atoms in total. The van der Waals surface area contributed by atoms with Gasteiger partial charge in [-0.3, -0.25) is 19.2 Å². The van der Waals surface area contributed by atoms with Gasteiger partial charge >= 0.3 is 5.91 Å². The van der Waals surface area contributed by atoms with E-state index in [4.69, 9.17) is 5.84 Å². The fourth-order valence-electron chi connectivity index (χ4n) is 1.73. The molecular formula is C16H15N5O4S. The standard InChI is InChI=1S/C16H15N5O4S/c17-21(15(24)14-18-7-4-8-19-14)13(23)9-20-12(22)10-26-16(25)11-5-2-1-3-6-11/h1-8H,9-10,17H2,(H,20,22). The number of hydrogen-bond donors (Lipinski definition) is 2. The highest BCUT2D eigenvalue weighted by Crippen LogP contribution is 2.11. The number of aromatic nitrogens is 2. The first-order valence-electron chi connectivity index (χ1n) is 7.37. The third-order valence-corrected chi connectivity index (χ3v) is 3.93. The maximum atomic E-state index is 11.9. The molecule has 0 aliphatic rings. The van der Waals surface area contributed by atoms with Crippen molar-refractivity contribution in [1.29, 1.82) is 0 Å². The molecule has 0 saturated carbocycles. The Morgan fingerprint density at radius 1 is 1.04 bits per heavy atom. The van der Waals surface area contributed by atoms with Crippen molar-refractivity contribution in [1.82, 2.24) is 20.3 Å². The lowest BCUT2D eigenvalue weighted by Gasteiger charge is -2.13. The van der Waals surface area contributed by atoms with Gasteiger partial charge in [-0.05, 0) is 6.07 Å². The van der Waals surface area contributed by atoms with E-state index < -0.39 is 24.3 Å². The number of nitrogens with one attached hydrogen (secondary N) is 1. The summed E-state index contributed by atoms with van der Waals surface area (Å²) in [4.78, 5) is 54.8. The van der Waals surface area contributed by atoms with Crippen molar-refractivity contribution in [2.24, 2.45) is 5.84 Å². The molecule has 0 unspecified atom stereocenters. The largest absolute Gasteiger partial charge is 0.346 e. The first-order chi connectivity index (χ1) is 12.5. The van der Waals surface area contributed by atoms with Gasteiger partial charge < -0.3 is 5.32 Å². The molecule has 1 heterocycles. The molecule has 1 aromatic heterocycles. The third-order valence-electron chi connectivity index (χ3n) is 3.03. The number of nitrogens with two attached hydrogens (primary N) is 1.